The Morgan fingerprint density at radius 3 is 3.00 bits per heavy atom. The molecule has 2 fully saturated rings. The van der Waals surface area contributed by atoms with Gasteiger partial charge >= 0.3 is 0 Å². The van der Waals surface area contributed by atoms with Gasteiger partial charge in [-0.3, -0.25) is 4.90 Å². The van der Waals surface area contributed by atoms with Crippen LogP contribution in [0.4, 0.5) is 0 Å². The van der Waals surface area contributed by atoms with E-state index in [0.29, 0.717) is 5.41 Å². The van der Waals surface area contributed by atoms with E-state index in [0.717, 1.165) is 18.9 Å². The Bertz CT molecular complexity index is 427. The van der Waals surface area contributed by atoms with Crippen LogP contribution in [-0.2, 0) is 6.54 Å². The lowest BCUT2D eigenvalue weighted by Crippen LogP contribution is -2.29. The first-order valence-electron chi connectivity index (χ1n) is 7.45. The highest BCUT2D eigenvalue weighted by Crippen LogP contribution is 2.37. The monoisotopic (exact) mass is 260 g/mol. The fourth-order valence-electron chi connectivity index (χ4n) is 3.48. The first-order valence-corrected chi connectivity index (χ1v) is 7.45. The molecular weight excluding hydrogens is 236 g/mol. The Balaban J connectivity index is 1.66. The van der Waals surface area contributed by atoms with Crippen molar-refractivity contribution in [3.8, 4) is 5.75 Å². The summed E-state index contributed by atoms with van der Waals surface area (Å²) in [5.74, 6) is 1.05. The lowest BCUT2D eigenvalue weighted by molar-refractivity contribution is 0.262. The van der Waals surface area contributed by atoms with E-state index in [9.17, 15) is 0 Å². The Labute approximate surface area is 115 Å². The zero-order valence-electron chi connectivity index (χ0n) is 11.8. The summed E-state index contributed by atoms with van der Waals surface area (Å²) in [5, 5.41) is 3.52. The number of hydrogen-bond donors (Lipinski definition) is 1. The minimum absolute atomic E-state index is 0.556. The highest BCUT2D eigenvalue weighted by Gasteiger charge is 2.40. The highest BCUT2D eigenvalue weighted by molar-refractivity contribution is 5.33. The Hall–Kier alpha value is -1.06. The van der Waals surface area contributed by atoms with Crippen LogP contribution < -0.4 is 10.1 Å². The second kappa shape index (κ2) is 5.51. The van der Waals surface area contributed by atoms with E-state index in [1.165, 1.54) is 44.6 Å². The average molecular weight is 260 g/mol. The van der Waals surface area contributed by atoms with Gasteiger partial charge in [0.1, 0.15) is 5.75 Å². The summed E-state index contributed by atoms with van der Waals surface area (Å²) in [6.45, 7) is 8.68. The molecular formula is C16H24N2O. The molecule has 2 saturated heterocycles. The van der Waals surface area contributed by atoms with Crippen LogP contribution in [0, 0.1) is 5.41 Å². The van der Waals surface area contributed by atoms with Crippen molar-refractivity contribution in [1.29, 1.82) is 0 Å². The number of nitrogens with one attached hydrogen (secondary N) is 1. The van der Waals surface area contributed by atoms with Crippen LogP contribution in [0.1, 0.15) is 25.3 Å². The summed E-state index contributed by atoms with van der Waals surface area (Å²) in [6, 6.07) is 8.45. The van der Waals surface area contributed by atoms with E-state index in [2.05, 4.69) is 34.5 Å². The first kappa shape index (κ1) is 12.9. The molecule has 1 unspecified atom stereocenters. The number of nitrogens with zero attached hydrogens (tertiary/aromatic N) is 1. The fraction of sp³-hybridized carbons (Fsp3) is 0.625. The van der Waals surface area contributed by atoms with E-state index in [1.54, 1.807) is 0 Å². The van der Waals surface area contributed by atoms with Crippen molar-refractivity contribution in [1.82, 2.24) is 10.2 Å². The van der Waals surface area contributed by atoms with Crippen molar-refractivity contribution in [3.63, 3.8) is 0 Å². The first-order chi connectivity index (χ1) is 9.31. The molecule has 0 aliphatic carbocycles. The molecule has 2 heterocycles. The maximum Gasteiger partial charge on any atom is 0.123 e. The number of hydrogen-bond acceptors (Lipinski definition) is 3. The van der Waals surface area contributed by atoms with Gasteiger partial charge in [0.15, 0.2) is 0 Å². The van der Waals surface area contributed by atoms with Gasteiger partial charge < -0.3 is 10.1 Å². The van der Waals surface area contributed by atoms with E-state index < -0.39 is 0 Å². The van der Waals surface area contributed by atoms with Crippen LogP contribution in [0.3, 0.4) is 0 Å². The third-order valence-electron chi connectivity index (χ3n) is 4.52. The standard InChI is InChI=1S/C16H24N2O/c1-2-19-15-6-4-3-5-14(15)11-18-10-8-16(13-18)7-9-17-12-16/h3-6,17H,2,7-13H2,1H3. The van der Waals surface area contributed by atoms with Gasteiger partial charge in [0, 0.05) is 25.2 Å². The largest absolute Gasteiger partial charge is 0.494 e. The van der Waals surface area contributed by atoms with Gasteiger partial charge in [-0.15, -0.1) is 0 Å². The van der Waals surface area contributed by atoms with Crippen LogP contribution >= 0.6 is 0 Å². The van der Waals surface area contributed by atoms with Gasteiger partial charge in [0.05, 0.1) is 6.61 Å². The Kier molecular flexibility index (Phi) is 3.76. The smallest absolute Gasteiger partial charge is 0.123 e. The fourth-order valence-corrected chi connectivity index (χ4v) is 3.48. The van der Waals surface area contributed by atoms with Gasteiger partial charge in [0.25, 0.3) is 0 Å². The van der Waals surface area contributed by atoms with Crippen molar-refractivity contribution >= 4 is 0 Å². The van der Waals surface area contributed by atoms with Crippen LogP contribution in [0.2, 0.25) is 0 Å². The maximum atomic E-state index is 5.73. The van der Waals surface area contributed by atoms with Gasteiger partial charge in [-0.25, -0.2) is 0 Å². The van der Waals surface area contributed by atoms with Crippen molar-refractivity contribution < 1.29 is 4.74 Å². The van der Waals surface area contributed by atoms with E-state index >= 15 is 0 Å². The van der Waals surface area contributed by atoms with Gasteiger partial charge in [-0.1, -0.05) is 18.2 Å². The molecule has 19 heavy (non-hydrogen) atoms. The summed E-state index contributed by atoms with van der Waals surface area (Å²) in [7, 11) is 0. The molecule has 2 aliphatic rings. The zero-order chi connectivity index (χ0) is 13.1. The van der Waals surface area contributed by atoms with Gasteiger partial charge in [-0.2, -0.15) is 0 Å². The lowest BCUT2D eigenvalue weighted by Gasteiger charge is -2.23. The molecule has 1 atom stereocenters. The number of rotatable bonds is 4. The molecule has 3 nitrogen and oxygen atoms in total. The number of ether oxygens (including phenoxy) is 1. The molecule has 1 N–H and O–H groups in total. The van der Waals surface area contributed by atoms with Crippen LogP contribution in [0.25, 0.3) is 0 Å². The van der Waals surface area contributed by atoms with Crippen LogP contribution in [0.5, 0.6) is 5.75 Å². The van der Waals surface area contributed by atoms with Crippen molar-refractivity contribution in [2.24, 2.45) is 5.41 Å². The molecule has 0 amide bonds. The summed E-state index contributed by atoms with van der Waals surface area (Å²) < 4.78 is 5.73. The van der Waals surface area contributed by atoms with Gasteiger partial charge in [0.2, 0.25) is 0 Å². The maximum absolute atomic E-state index is 5.73. The van der Waals surface area contributed by atoms with E-state index in [1.807, 2.05) is 6.92 Å². The minimum Gasteiger partial charge on any atom is -0.494 e. The van der Waals surface area contributed by atoms with Gasteiger partial charge in [-0.05, 0) is 44.3 Å². The van der Waals surface area contributed by atoms with E-state index in [-0.39, 0.29) is 0 Å². The minimum atomic E-state index is 0.556. The predicted octanol–water partition coefficient (Wildman–Crippen LogP) is 2.27. The second-order valence-corrected chi connectivity index (χ2v) is 5.93. The molecule has 3 heteroatoms. The molecule has 0 radical (unpaired) electrons. The predicted molar refractivity (Wildman–Crippen MR) is 77.4 cm³/mol. The SMILES string of the molecule is CCOc1ccccc1CN1CCC2(CCNC2)C1. The molecule has 1 aromatic carbocycles. The molecule has 2 aliphatic heterocycles. The third-order valence-corrected chi connectivity index (χ3v) is 4.52. The molecule has 1 aromatic rings. The number of likely N-dealkylation sites (tertiary alicyclic amines) is 1. The van der Waals surface area contributed by atoms with Crippen molar-refractivity contribution in [2.45, 2.75) is 26.3 Å². The highest BCUT2D eigenvalue weighted by atomic mass is 16.5. The van der Waals surface area contributed by atoms with E-state index in [4.69, 9.17) is 4.74 Å². The molecule has 104 valence electrons. The summed E-state index contributed by atoms with van der Waals surface area (Å²) in [4.78, 5) is 2.59. The molecule has 0 saturated carbocycles. The Morgan fingerprint density at radius 2 is 2.21 bits per heavy atom. The second-order valence-electron chi connectivity index (χ2n) is 5.93. The lowest BCUT2D eigenvalue weighted by atomic mass is 9.86. The number of para-hydroxylation sites is 1. The summed E-state index contributed by atoms with van der Waals surface area (Å²) in [5.41, 5.74) is 1.88. The molecule has 0 aromatic heterocycles. The summed E-state index contributed by atoms with van der Waals surface area (Å²) >= 11 is 0. The molecule has 1 spiro atoms. The number of benzene rings is 1. The quantitative estimate of drug-likeness (QED) is 0.899. The Morgan fingerprint density at radius 1 is 1.32 bits per heavy atom. The van der Waals surface area contributed by atoms with Crippen LogP contribution in [0.15, 0.2) is 24.3 Å². The normalized spacial score (nSPS) is 27.2. The third kappa shape index (κ3) is 2.77. The zero-order valence-corrected chi connectivity index (χ0v) is 11.8. The van der Waals surface area contributed by atoms with Crippen molar-refractivity contribution in [3.05, 3.63) is 29.8 Å². The molecule has 3 rings (SSSR count). The summed E-state index contributed by atoms with van der Waals surface area (Å²) in [6.07, 6.45) is 2.69. The average Bonchev–Trinajstić information content (AvgIpc) is 3.03. The van der Waals surface area contributed by atoms with Crippen LogP contribution in [-0.4, -0.2) is 37.7 Å². The topological polar surface area (TPSA) is 24.5 Å². The van der Waals surface area contributed by atoms with Crippen molar-refractivity contribution in [2.75, 3.05) is 32.8 Å². The molecule has 0 bridgehead atoms.